The molecule has 0 unspecified atom stereocenters. The predicted molar refractivity (Wildman–Crippen MR) is 130 cm³/mol. The van der Waals surface area contributed by atoms with Crippen LogP contribution in [-0.4, -0.2) is 40.6 Å². The van der Waals surface area contributed by atoms with Crippen molar-refractivity contribution in [3.8, 4) is 11.5 Å². The first-order valence-corrected chi connectivity index (χ1v) is 11.4. The Hall–Kier alpha value is -3.49. The molecule has 9 heteroatoms. The van der Waals surface area contributed by atoms with Crippen molar-refractivity contribution in [2.45, 2.75) is 52.4 Å². The second kappa shape index (κ2) is 12.0. The minimum Gasteiger partial charge on any atom is -0.494 e. The molecule has 0 aliphatic rings. The van der Waals surface area contributed by atoms with Gasteiger partial charge in [0.05, 0.1) is 12.2 Å². The zero-order chi connectivity index (χ0) is 27.1. The second-order valence-corrected chi connectivity index (χ2v) is 9.29. The lowest BCUT2D eigenvalue weighted by atomic mass is 10.1. The Balaban J connectivity index is 1.92. The van der Waals surface area contributed by atoms with Gasteiger partial charge in [0.1, 0.15) is 11.5 Å². The molecular formula is C27H32F3NO5. The topological polar surface area (TPSA) is 76.1 Å². The van der Waals surface area contributed by atoms with E-state index in [1.165, 1.54) is 26.0 Å². The second-order valence-electron chi connectivity index (χ2n) is 9.29. The molecular weight excluding hydrogens is 475 g/mol. The van der Waals surface area contributed by atoms with E-state index in [-0.39, 0.29) is 18.4 Å². The number of nitrogens with zero attached hydrogens (tertiary/aromatic N) is 1. The van der Waals surface area contributed by atoms with Gasteiger partial charge in [-0.15, -0.1) is 0 Å². The van der Waals surface area contributed by atoms with Crippen molar-refractivity contribution in [1.82, 2.24) is 4.90 Å². The molecule has 0 saturated carbocycles. The highest BCUT2D eigenvalue weighted by Crippen LogP contribution is 2.29. The van der Waals surface area contributed by atoms with E-state index >= 15 is 0 Å². The maximum absolute atomic E-state index is 12.8. The molecule has 0 spiro atoms. The highest BCUT2D eigenvalue weighted by molar-refractivity contribution is 5.92. The number of ether oxygens (including phenoxy) is 2. The van der Waals surface area contributed by atoms with Gasteiger partial charge in [0.25, 0.3) is 0 Å². The fourth-order valence-corrected chi connectivity index (χ4v) is 3.30. The fraction of sp³-hybridized carbons (Fsp3) is 0.407. The summed E-state index contributed by atoms with van der Waals surface area (Å²) >= 11 is 0. The maximum atomic E-state index is 12.8. The Labute approximate surface area is 209 Å². The van der Waals surface area contributed by atoms with Gasteiger partial charge in [-0.1, -0.05) is 25.6 Å². The van der Waals surface area contributed by atoms with Crippen LogP contribution in [-0.2, 0) is 22.3 Å². The summed E-state index contributed by atoms with van der Waals surface area (Å²) in [6, 6.07) is 11.4. The van der Waals surface area contributed by atoms with E-state index in [9.17, 15) is 22.8 Å². The number of carboxylic acid groups (broad SMARTS) is 1. The highest BCUT2D eigenvalue weighted by Gasteiger charge is 2.30. The Morgan fingerprint density at radius 1 is 1.03 bits per heavy atom. The van der Waals surface area contributed by atoms with E-state index < -0.39 is 23.3 Å². The average Bonchev–Trinajstić information content (AvgIpc) is 2.78. The third kappa shape index (κ3) is 8.62. The average molecular weight is 508 g/mol. The van der Waals surface area contributed by atoms with Crippen molar-refractivity contribution in [3.63, 3.8) is 0 Å². The molecule has 2 aromatic carbocycles. The number of benzene rings is 2. The van der Waals surface area contributed by atoms with Crippen LogP contribution in [0.4, 0.5) is 13.2 Å². The summed E-state index contributed by atoms with van der Waals surface area (Å²) in [5.74, 6) is -0.304. The van der Waals surface area contributed by atoms with Crippen LogP contribution in [0.25, 0.3) is 0 Å². The monoisotopic (exact) mass is 507 g/mol. The fourth-order valence-electron chi connectivity index (χ4n) is 3.30. The number of hydrogen-bond donors (Lipinski definition) is 1. The van der Waals surface area contributed by atoms with E-state index in [1.807, 2.05) is 6.92 Å². The molecule has 196 valence electrons. The van der Waals surface area contributed by atoms with Gasteiger partial charge < -0.3 is 19.5 Å². The van der Waals surface area contributed by atoms with Crippen molar-refractivity contribution in [2.24, 2.45) is 5.92 Å². The Morgan fingerprint density at radius 2 is 1.58 bits per heavy atom. The lowest BCUT2D eigenvalue weighted by molar-refractivity contribution is -0.152. The number of hydrogen-bond acceptors (Lipinski definition) is 4. The summed E-state index contributed by atoms with van der Waals surface area (Å²) in [6.45, 7) is 11.1. The Morgan fingerprint density at radius 3 is 2.08 bits per heavy atom. The molecule has 0 saturated heterocycles. The molecule has 0 aromatic heterocycles. The van der Waals surface area contributed by atoms with Gasteiger partial charge in [0.2, 0.25) is 5.91 Å². The highest BCUT2D eigenvalue weighted by atomic mass is 19.4. The lowest BCUT2D eigenvalue weighted by Crippen LogP contribution is -2.37. The number of alkyl halides is 3. The van der Waals surface area contributed by atoms with E-state index in [1.54, 1.807) is 36.1 Å². The van der Waals surface area contributed by atoms with Gasteiger partial charge in [-0.3, -0.25) is 4.79 Å². The zero-order valence-corrected chi connectivity index (χ0v) is 20.9. The summed E-state index contributed by atoms with van der Waals surface area (Å²) in [5, 5.41) is 9.16. The van der Waals surface area contributed by atoms with E-state index in [2.05, 4.69) is 6.58 Å². The first-order chi connectivity index (χ1) is 16.7. The molecule has 36 heavy (non-hydrogen) atoms. The number of aliphatic carboxylic acids is 1. The number of halogens is 3. The van der Waals surface area contributed by atoms with Crippen molar-refractivity contribution >= 4 is 11.9 Å². The molecule has 0 bridgehead atoms. The molecule has 0 aliphatic carbocycles. The standard InChI is InChI=1S/C27H32F3NO5/c1-18(2)24(32)31(17-20-6-8-21(9-7-20)27(28,29)30)16-19(3)14-15-35-22-10-12-23(13-11-22)36-26(4,5)25(33)34/h6-13,19H,1,14-17H2,2-5H3,(H,33,34)/t19-/m1/s1. The van der Waals surface area contributed by atoms with Gasteiger partial charge in [-0.2, -0.15) is 13.2 Å². The number of rotatable bonds is 12. The summed E-state index contributed by atoms with van der Waals surface area (Å²) in [7, 11) is 0. The predicted octanol–water partition coefficient (Wildman–Crippen LogP) is 5.96. The van der Waals surface area contributed by atoms with Crippen LogP contribution in [0.3, 0.4) is 0 Å². The van der Waals surface area contributed by atoms with Gasteiger partial charge >= 0.3 is 12.1 Å². The van der Waals surface area contributed by atoms with Crippen LogP contribution >= 0.6 is 0 Å². The molecule has 0 fully saturated rings. The lowest BCUT2D eigenvalue weighted by Gasteiger charge is -2.26. The summed E-state index contributed by atoms with van der Waals surface area (Å²) < 4.78 is 49.7. The molecule has 1 atom stereocenters. The molecule has 0 aliphatic heterocycles. The van der Waals surface area contributed by atoms with Crippen LogP contribution in [0, 0.1) is 5.92 Å². The first kappa shape index (κ1) is 28.7. The van der Waals surface area contributed by atoms with Gasteiger partial charge in [-0.05, 0) is 75.1 Å². The van der Waals surface area contributed by atoms with Crippen molar-refractivity contribution in [1.29, 1.82) is 0 Å². The number of carboxylic acids is 1. The SMILES string of the molecule is C=C(C)C(=O)N(Cc1ccc(C(F)(F)F)cc1)C[C@H](C)CCOc1ccc(OC(C)(C)C(=O)O)cc1. The molecule has 2 rings (SSSR count). The minimum atomic E-state index is -4.41. The summed E-state index contributed by atoms with van der Waals surface area (Å²) in [5.41, 5.74) is -1.15. The van der Waals surface area contributed by atoms with Crippen LogP contribution < -0.4 is 9.47 Å². The molecule has 2 aromatic rings. The minimum absolute atomic E-state index is 0.0433. The van der Waals surface area contributed by atoms with Gasteiger partial charge in [-0.25, -0.2) is 4.79 Å². The van der Waals surface area contributed by atoms with Crippen LogP contribution in [0.5, 0.6) is 11.5 Å². The molecule has 0 radical (unpaired) electrons. The third-order valence-corrected chi connectivity index (χ3v) is 5.43. The normalized spacial score (nSPS) is 12.5. The van der Waals surface area contributed by atoms with E-state index in [0.29, 0.717) is 42.2 Å². The number of carbonyl (C=O) groups is 2. The van der Waals surface area contributed by atoms with Crippen LogP contribution in [0.2, 0.25) is 0 Å². The van der Waals surface area contributed by atoms with Crippen LogP contribution in [0.15, 0.2) is 60.7 Å². The Kier molecular flexibility index (Phi) is 9.55. The summed E-state index contributed by atoms with van der Waals surface area (Å²) in [6.07, 6.45) is -3.79. The van der Waals surface area contributed by atoms with Gasteiger partial charge in [0.15, 0.2) is 5.60 Å². The van der Waals surface area contributed by atoms with Crippen molar-refractivity contribution < 1.29 is 37.3 Å². The largest absolute Gasteiger partial charge is 0.494 e. The number of amides is 1. The van der Waals surface area contributed by atoms with E-state index in [4.69, 9.17) is 14.6 Å². The third-order valence-electron chi connectivity index (χ3n) is 5.43. The smallest absolute Gasteiger partial charge is 0.416 e. The summed E-state index contributed by atoms with van der Waals surface area (Å²) in [4.78, 5) is 25.4. The Bertz CT molecular complexity index is 1050. The first-order valence-electron chi connectivity index (χ1n) is 11.4. The quantitative estimate of drug-likeness (QED) is 0.359. The maximum Gasteiger partial charge on any atom is 0.416 e. The molecule has 6 nitrogen and oxygen atoms in total. The molecule has 0 heterocycles. The van der Waals surface area contributed by atoms with Crippen molar-refractivity contribution in [3.05, 3.63) is 71.8 Å². The number of carbonyl (C=O) groups excluding carboxylic acids is 1. The molecule has 1 amide bonds. The van der Waals surface area contributed by atoms with Crippen molar-refractivity contribution in [2.75, 3.05) is 13.2 Å². The molecule has 1 N–H and O–H groups in total. The van der Waals surface area contributed by atoms with Gasteiger partial charge in [0, 0.05) is 18.7 Å². The van der Waals surface area contributed by atoms with Crippen LogP contribution in [0.1, 0.15) is 45.2 Å². The zero-order valence-electron chi connectivity index (χ0n) is 20.9. The van der Waals surface area contributed by atoms with E-state index in [0.717, 1.165) is 12.1 Å².